The summed E-state index contributed by atoms with van der Waals surface area (Å²) in [5.41, 5.74) is 1.77. The lowest BCUT2D eigenvalue weighted by atomic mass is 9.94. The zero-order chi connectivity index (χ0) is 22.1. The van der Waals surface area contributed by atoms with Crippen molar-refractivity contribution in [1.82, 2.24) is 0 Å². The number of hydrogen-bond acceptors (Lipinski definition) is 5. The minimum Gasteiger partial charge on any atom is -0.545 e. The van der Waals surface area contributed by atoms with Gasteiger partial charge in [0.2, 0.25) is 0 Å². The number of fused-ring (bicyclic) bond motifs is 1. The number of aromatic carboxylic acids is 2. The summed E-state index contributed by atoms with van der Waals surface area (Å²) in [6.07, 6.45) is -0.0251. The first-order valence-electron chi connectivity index (χ1n) is 9.54. The quantitative estimate of drug-likeness (QED) is 0.481. The maximum absolute atomic E-state index is 12.8. The summed E-state index contributed by atoms with van der Waals surface area (Å²) < 4.78 is 5.87. The Bertz CT molecular complexity index is 1280. The van der Waals surface area contributed by atoms with Gasteiger partial charge in [0.1, 0.15) is 11.3 Å². The molecule has 4 rings (SSSR count). The average molecular weight is 413 g/mol. The van der Waals surface area contributed by atoms with E-state index >= 15 is 0 Å². The van der Waals surface area contributed by atoms with Crippen LogP contribution < -0.4 is 5.11 Å². The first kappa shape index (κ1) is 20.1. The van der Waals surface area contributed by atoms with Gasteiger partial charge in [-0.05, 0) is 48.4 Å². The van der Waals surface area contributed by atoms with Gasteiger partial charge in [0.05, 0.1) is 11.5 Å². The molecular weight excluding hydrogens is 396 g/mol. The lowest BCUT2D eigenvalue weighted by Gasteiger charge is -2.12. The van der Waals surface area contributed by atoms with E-state index in [2.05, 4.69) is 0 Å². The minimum atomic E-state index is -1.53. The van der Waals surface area contributed by atoms with E-state index in [1.54, 1.807) is 12.1 Å². The summed E-state index contributed by atoms with van der Waals surface area (Å²) in [5.74, 6) is -2.56. The molecule has 0 fully saturated rings. The van der Waals surface area contributed by atoms with E-state index in [9.17, 15) is 24.6 Å². The highest BCUT2D eigenvalue weighted by Crippen LogP contribution is 2.28. The van der Waals surface area contributed by atoms with Crippen molar-refractivity contribution in [3.05, 3.63) is 94.5 Å². The Morgan fingerprint density at radius 3 is 2.39 bits per heavy atom. The Morgan fingerprint density at radius 1 is 0.935 bits per heavy atom. The van der Waals surface area contributed by atoms with Crippen LogP contribution in [0.1, 0.15) is 42.2 Å². The number of carbonyl (C=O) groups excluding carboxylic acids is 2. The molecule has 3 aromatic carbocycles. The summed E-state index contributed by atoms with van der Waals surface area (Å²) in [6, 6.07) is 19.2. The molecule has 154 valence electrons. The first-order chi connectivity index (χ1) is 14.8. The van der Waals surface area contributed by atoms with Crippen LogP contribution in [0.2, 0.25) is 0 Å². The molecule has 0 unspecified atom stereocenters. The molecule has 1 heterocycles. The van der Waals surface area contributed by atoms with Crippen molar-refractivity contribution in [1.29, 1.82) is 0 Å². The topological polar surface area (TPSA) is 108 Å². The van der Waals surface area contributed by atoms with Crippen molar-refractivity contribution in [2.24, 2.45) is 0 Å². The molecule has 1 aromatic heterocycles. The van der Waals surface area contributed by atoms with Gasteiger partial charge in [-0.1, -0.05) is 36.4 Å². The molecule has 6 heteroatoms. The molecule has 0 atom stereocenters. The Balaban J connectivity index is 1.66. The summed E-state index contributed by atoms with van der Waals surface area (Å²) >= 11 is 0. The monoisotopic (exact) mass is 413 g/mol. The second kappa shape index (κ2) is 7.91. The number of benzene rings is 3. The number of ketones is 1. The molecule has 0 saturated heterocycles. The van der Waals surface area contributed by atoms with Gasteiger partial charge in [-0.3, -0.25) is 4.79 Å². The van der Waals surface area contributed by atoms with Crippen LogP contribution in [0.15, 0.2) is 71.1 Å². The molecule has 0 aliphatic heterocycles. The Kier molecular flexibility index (Phi) is 5.13. The lowest BCUT2D eigenvalue weighted by Crippen LogP contribution is -2.25. The van der Waals surface area contributed by atoms with Crippen molar-refractivity contribution < 1.29 is 29.0 Å². The molecular formula is C25H17O6-. The van der Waals surface area contributed by atoms with Crippen LogP contribution in [0.5, 0.6) is 0 Å². The highest BCUT2D eigenvalue weighted by atomic mass is 16.4. The van der Waals surface area contributed by atoms with Crippen LogP contribution in [-0.4, -0.2) is 22.8 Å². The molecule has 0 aliphatic carbocycles. The van der Waals surface area contributed by atoms with E-state index < -0.39 is 17.7 Å². The second-order valence-corrected chi connectivity index (χ2v) is 7.24. The van der Waals surface area contributed by atoms with Gasteiger partial charge in [0, 0.05) is 28.5 Å². The predicted molar refractivity (Wildman–Crippen MR) is 112 cm³/mol. The van der Waals surface area contributed by atoms with Crippen LogP contribution >= 0.6 is 0 Å². The van der Waals surface area contributed by atoms with E-state index in [1.807, 2.05) is 42.5 Å². The number of rotatable bonds is 6. The van der Waals surface area contributed by atoms with Gasteiger partial charge in [-0.25, -0.2) is 4.79 Å². The third-order valence-corrected chi connectivity index (χ3v) is 5.18. The number of carboxylic acid groups (broad SMARTS) is 2. The fourth-order valence-corrected chi connectivity index (χ4v) is 3.56. The van der Waals surface area contributed by atoms with Crippen molar-refractivity contribution in [2.45, 2.75) is 13.3 Å². The minimum absolute atomic E-state index is 0.0105. The van der Waals surface area contributed by atoms with E-state index in [1.165, 1.54) is 19.1 Å². The van der Waals surface area contributed by atoms with Crippen LogP contribution in [-0.2, 0) is 6.42 Å². The van der Waals surface area contributed by atoms with Crippen molar-refractivity contribution >= 4 is 28.7 Å². The van der Waals surface area contributed by atoms with Gasteiger partial charge in [-0.15, -0.1) is 0 Å². The summed E-state index contributed by atoms with van der Waals surface area (Å²) in [6.45, 7) is 1.37. The molecule has 4 aromatic rings. The smallest absolute Gasteiger partial charge is 0.335 e. The van der Waals surface area contributed by atoms with Gasteiger partial charge in [0.25, 0.3) is 0 Å². The van der Waals surface area contributed by atoms with Crippen LogP contribution in [0.25, 0.3) is 22.3 Å². The Hall–Kier alpha value is -4.19. The first-order valence-corrected chi connectivity index (χ1v) is 9.54. The zero-order valence-electron chi connectivity index (χ0n) is 16.5. The van der Waals surface area contributed by atoms with Crippen LogP contribution in [0.4, 0.5) is 0 Å². The van der Waals surface area contributed by atoms with Gasteiger partial charge in [0.15, 0.2) is 5.78 Å². The van der Waals surface area contributed by atoms with E-state index in [0.717, 1.165) is 16.5 Å². The van der Waals surface area contributed by atoms with E-state index in [4.69, 9.17) is 4.42 Å². The third kappa shape index (κ3) is 3.96. The molecule has 0 radical (unpaired) electrons. The number of carboxylic acids is 2. The number of hydrogen-bond donors (Lipinski definition) is 1. The predicted octanol–water partition coefficient (Wildman–Crippen LogP) is 3.90. The SMILES string of the molecule is Cc1c(C(=O)[O-])cc(C(=O)Cc2cccc(-c3cc4ccccc4o3)c2)cc1C(=O)O. The van der Waals surface area contributed by atoms with Crippen LogP contribution in [0.3, 0.4) is 0 Å². The number of furan rings is 1. The number of para-hydroxylation sites is 1. The fourth-order valence-electron chi connectivity index (χ4n) is 3.56. The van der Waals surface area contributed by atoms with Gasteiger partial charge in [-0.2, -0.15) is 0 Å². The molecule has 0 saturated carbocycles. The Morgan fingerprint density at radius 2 is 1.68 bits per heavy atom. The van der Waals surface area contributed by atoms with Crippen molar-refractivity contribution in [2.75, 3.05) is 0 Å². The highest BCUT2D eigenvalue weighted by molar-refractivity contribution is 6.04. The molecule has 0 spiro atoms. The maximum Gasteiger partial charge on any atom is 0.335 e. The molecule has 0 amide bonds. The van der Waals surface area contributed by atoms with E-state index in [0.29, 0.717) is 11.3 Å². The van der Waals surface area contributed by atoms with Gasteiger partial charge < -0.3 is 19.4 Å². The molecule has 1 N–H and O–H groups in total. The highest BCUT2D eigenvalue weighted by Gasteiger charge is 2.18. The normalized spacial score (nSPS) is 10.9. The number of Topliss-reactive ketones (excluding diaryl/α,β-unsaturated/α-hetero) is 1. The molecule has 0 bridgehead atoms. The fraction of sp³-hybridized carbons (Fsp3) is 0.0800. The van der Waals surface area contributed by atoms with Crippen molar-refractivity contribution in [3.8, 4) is 11.3 Å². The largest absolute Gasteiger partial charge is 0.545 e. The van der Waals surface area contributed by atoms with Crippen molar-refractivity contribution in [3.63, 3.8) is 0 Å². The maximum atomic E-state index is 12.8. The second-order valence-electron chi connectivity index (χ2n) is 7.24. The Labute approximate surface area is 177 Å². The lowest BCUT2D eigenvalue weighted by molar-refractivity contribution is -0.255. The third-order valence-electron chi connectivity index (χ3n) is 5.18. The average Bonchev–Trinajstić information content (AvgIpc) is 3.18. The zero-order valence-corrected chi connectivity index (χ0v) is 16.5. The number of carbonyl (C=O) groups is 3. The summed E-state index contributed by atoms with van der Waals surface area (Å²) in [4.78, 5) is 35.7. The molecule has 0 aliphatic rings. The summed E-state index contributed by atoms with van der Waals surface area (Å²) in [5, 5.41) is 21.7. The van der Waals surface area contributed by atoms with Gasteiger partial charge >= 0.3 is 5.97 Å². The molecule has 31 heavy (non-hydrogen) atoms. The van der Waals surface area contributed by atoms with Crippen LogP contribution in [0, 0.1) is 6.92 Å². The standard InChI is InChI=1S/C25H18O6/c1-14-19(24(27)28)11-18(12-20(14)25(29)30)21(26)10-15-5-4-7-16(9-15)23-13-17-6-2-3-8-22(17)31-23/h2-9,11-13H,10H2,1H3,(H,27,28)(H,29,30)/p-1. The van der Waals surface area contributed by atoms with E-state index in [-0.39, 0.29) is 28.7 Å². The molecule has 6 nitrogen and oxygen atoms in total. The summed E-state index contributed by atoms with van der Waals surface area (Å²) in [7, 11) is 0.